The van der Waals surface area contributed by atoms with Gasteiger partial charge in [0.1, 0.15) is 11.5 Å². The maximum Gasteiger partial charge on any atom is 0.277 e. The summed E-state index contributed by atoms with van der Waals surface area (Å²) >= 11 is 1.27. The third-order valence-corrected chi connectivity index (χ3v) is 5.25. The van der Waals surface area contributed by atoms with Crippen LogP contribution in [0.2, 0.25) is 0 Å². The van der Waals surface area contributed by atoms with E-state index < -0.39 is 0 Å². The Hall–Kier alpha value is -2.22. The molecule has 140 valence electrons. The predicted octanol–water partition coefficient (Wildman–Crippen LogP) is 3.25. The Bertz CT molecular complexity index is 742. The van der Waals surface area contributed by atoms with Crippen molar-refractivity contribution in [3.05, 3.63) is 18.2 Å². The van der Waals surface area contributed by atoms with Crippen LogP contribution in [-0.4, -0.2) is 53.6 Å². The van der Waals surface area contributed by atoms with E-state index in [2.05, 4.69) is 17.1 Å². The van der Waals surface area contributed by atoms with Crippen LogP contribution in [0.4, 0.5) is 0 Å². The first kappa shape index (κ1) is 18.6. The van der Waals surface area contributed by atoms with Crippen LogP contribution in [0.1, 0.15) is 26.2 Å². The zero-order valence-corrected chi connectivity index (χ0v) is 16.0. The number of hydrogen-bond donors (Lipinski definition) is 0. The van der Waals surface area contributed by atoms with Crippen LogP contribution in [-0.2, 0) is 4.79 Å². The van der Waals surface area contributed by atoms with E-state index >= 15 is 0 Å². The maximum atomic E-state index is 12.4. The average molecular weight is 377 g/mol. The molecule has 1 aliphatic rings. The number of nitrogens with zero attached hydrogens (tertiary/aromatic N) is 3. The van der Waals surface area contributed by atoms with E-state index in [0.717, 1.165) is 19.4 Å². The van der Waals surface area contributed by atoms with E-state index in [1.54, 1.807) is 32.4 Å². The Balaban J connectivity index is 1.65. The van der Waals surface area contributed by atoms with Crippen LogP contribution < -0.4 is 9.47 Å². The van der Waals surface area contributed by atoms with Gasteiger partial charge in [0.15, 0.2) is 0 Å². The number of carbonyl (C=O) groups is 1. The van der Waals surface area contributed by atoms with Gasteiger partial charge < -0.3 is 18.8 Å². The van der Waals surface area contributed by atoms with Gasteiger partial charge in [-0.3, -0.25) is 4.79 Å². The Kier molecular flexibility index (Phi) is 6.03. The molecule has 1 fully saturated rings. The van der Waals surface area contributed by atoms with Crippen LogP contribution in [0.5, 0.6) is 11.5 Å². The van der Waals surface area contributed by atoms with Gasteiger partial charge in [-0.1, -0.05) is 11.8 Å². The molecule has 0 bridgehead atoms. The molecule has 1 atom stereocenters. The van der Waals surface area contributed by atoms with Crippen LogP contribution >= 0.6 is 11.8 Å². The molecule has 0 saturated carbocycles. The molecule has 1 aromatic heterocycles. The first-order valence-electron chi connectivity index (χ1n) is 8.60. The predicted molar refractivity (Wildman–Crippen MR) is 98.6 cm³/mol. The smallest absolute Gasteiger partial charge is 0.277 e. The lowest BCUT2D eigenvalue weighted by molar-refractivity contribution is -0.131. The SMILES string of the molecule is COc1cc(OC)cc(-c2nnc(SCC(=O)N3CCCC[C@H]3C)o2)c1. The van der Waals surface area contributed by atoms with Crippen molar-refractivity contribution in [3.63, 3.8) is 0 Å². The molecule has 0 spiro atoms. The molecule has 0 radical (unpaired) electrons. The number of carbonyl (C=O) groups excluding carboxylic acids is 1. The lowest BCUT2D eigenvalue weighted by Crippen LogP contribution is -2.42. The molecular weight excluding hydrogens is 354 g/mol. The fourth-order valence-electron chi connectivity index (χ4n) is 2.99. The van der Waals surface area contributed by atoms with E-state index in [4.69, 9.17) is 13.9 Å². The van der Waals surface area contributed by atoms with E-state index in [0.29, 0.717) is 40.0 Å². The Labute approximate surface area is 157 Å². The van der Waals surface area contributed by atoms with Gasteiger partial charge in [0.25, 0.3) is 5.22 Å². The third-order valence-electron chi connectivity index (χ3n) is 4.45. The van der Waals surface area contributed by atoms with Gasteiger partial charge in [-0.05, 0) is 38.3 Å². The van der Waals surface area contributed by atoms with Crippen LogP contribution in [0.25, 0.3) is 11.5 Å². The number of likely N-dealkylation sites (tertiary alicyclic amines) is 1. The van der Waals surface area contributed by atoms with Crippen LogP contribution in [0.15, 0.2) is 27.8 Å². The molecule has 2 aromatic rings. The number of rotatable bonds is 6. The van der Waals surface area contributed by atoms with Gasteiger partial charge in [-0.25, -0.2) is 0 Å². The van der Waals surface area contributed by atoms with Gasteiger partial charge in [0.05, 0.1) is 20.0 Å². The molecular formula is C18H23N3O4S. The number of amides is 1. The highest BCUT2D eigenvalue weighted by Gasteiger charge is 2.23. The molecule has 26 heavy (non-hydrogen) atoms. The summed E-state index contributed by atoms with van der Waals surface area (Å²) in [7, 11) is 3.17. The van der Waals surface area contributed by atoms with Crippen LogP contribution in [0, 0.1) is 0 Å². The first-order chi connectivity index (χ1) is 12.6. The van der Waals surface area contributed by atoms with Gasteiger partial charge in [0.2, 0.25) is 11.8 Å². The fourth-order valence-corrected chi connectivity index (χ4v) is 3.64. The highest BCUT2D eigenvalue weighted by molar-refractivity contribution is 7.99. The molecule has 1 aromatic carbocycles. The minimum atomic E-state index is 0.116. The minimum absolute atomic E-state index is 0.116. The molecule has 0 unspecified atom stereocenters. The molecule has 1 amide bonds. The number of thioether (sulfide) groups is 1. The summed E-state index contributed by atoms with van der Waals surface area (Å²) in [6.07, 6.45) is 3.33. The number of benzene rings is 1. The van der Waals surface area contributed by atoms with Crippen molar-refractivity contribution in [2.45, 2.75) is 37.5 Å². The van der Waals surface area contributed by atoms with Crippen molar-refractivity contribution in [2.75, 3.05) is 26.5 Å². The highest BCUT2D eigenvalue weighted by Crippen LogP contribution is 2.30. The van der Waals surface area contributed by atoms with Gasteiger partial charge >= 0.3 is 0 Å². The number of hydrogen-bond acceptors (Lipinski definition) is 7. The summed E-state index contributed by atoms with van der Waals surface area (Å²) < 4.78 is 16.2. The van der Waals surface area contributed by atoms with Crippen molar-refractivity contribution in [2.24, 2.45) is 0 Å². The van der Waals surface area contributed by atoms with E-state index in [9.17, 15) is 4.79 Å². The quantitative estimate of drug-likeness (QED) is 0.715. The molecule has 0 aliphatic carbocycles. The maximum absolute atomic E-state index is 12.4. The zero-order chi connectivity index (χ0) is 18.5. The second-order valence-electron chi connectivity index (χ2n) is 6.20. The molecule has 7 nitrogen and oxygen atoms in total. The number of methoxy groups -OCH3 is 2. The number of piperidine rings is 1. The lowest BCUT2D eigenvalue weighted by Gasteiger charge is -2.33. The zero-order valence-electron chi connectivity index (χ0n) is 15.2. The van der Waals surface area contributed by atoms with Crippen molar-refractivity contribution in [1.29, 1.82) is 0 Å². The Morgan fingerprint density at radius 2 is 1.96 bits per heavy atom. The minimum Gasteiger partial charge on any atom is -0.497 e. The molecule has 3 rings (SSSR count). The summed E-state index contributed by atoms with van der Waals surface area (Å²) in [6.45, 7) is 2.93. The summed E-state index contributed by atoms with van der Waals surface area (Å²) in [4.78, 5) is 14.4. The molecule has 0 N–H and O–H groups in total. The van der Waals surface area contributed by atoms with Gasteiger partial charge in [-0.2, -0.15) is 0 Å². The average Bonchev–Trinajstić information content (AvgIpc) is 3.15. The lowest BCUT2D eigenvalue weighted by atomic mass is 10.0. The second kappa shape index (κ2) is 8.44. The monoisotopic (exact) mass is 377 g/mol. The largest absolute Gasteiger partial charge is 0.497 e. The van der Waals surface area contributed by atoms with Crippen LogP contribution in [0.3, 0.4) is 0 Å². The molecule has 1 saturated heterocycles. The Morgan fingerprint density at radius 1 is 1.23 bits per heavy atom. The van der Waals surface area contributed by atoms with Crippen molar-refractivity contribution < 1.29 is 18.7 Å². The van der Waals surface area contributed by atoms with Crippen molar-refractivity contribution in [3.8, 4) is 23.0 Å². The number of ether oxygens (including phenoxy) is 2. The summed E-state index contributed by atoms with van der Waals surface area (Å²) in [5.74, 6) is 2.06. The topological polar surface area (TPSA) is 77.7 Å². The second-order valence-corrected chi connectivity index (χ2v) is 7.12. The molecule has 2 heterocycles. The third kappa shape index (κ3) is 4.30. The molecule has 8 heteroatoms. The fraction of sp³-hybridized carbons (Fsp3) is 0.500. The van der Waals surface area contributed by atoms with Gasteiger partial charge in [-0.15, -0.1) is 10.2 Å². The Morgan fingerprint density at radius 3 is 2.62 bits per heavy atom. The van der Waals surface area contributed by atoms with Crippen molar-refractivity contribution >= 4 is 17.7 Å². The summed E-state index contributed by atoms with van der Waals surface area (Å²) in [5, 5.41) is 8.48. The summed E-state index contributed by atoms with van der Waals surface area (Å²) in [6, 6.07) is 5.67. The van der Waals surface area contributed by atoms with E-state index in [1.807, 2.05) is 4.90 Å². The van der Waals surface area contributed by atoms with E-state index in [1.165, 1.54) is 18.2 Å². The number of aromatic nitrogens is 2. The molecule has 1 aliphatic heterocycles. The summed E-state index contributed by atoms with van der Waals surface area (Å²) in [5.41, 5.74) is 0.705. The van der Waals surface area contributed by atoms with Gasteiger partial charge in [0, 0.05) is 24.2 Å². The highest BCUT2D eigenvalue weighted by atomic mass is 32.2. The standard InChI is InChI=1S/C18H23N3O4S/c1-12-6-4-5-7-21(12)16(22)11-26-18-20-19-17(25-18)13-8-14(23-2)10-15(9-13)24-3/h8-10,12H,4-7,11H2,1-3H3/t12-/m1/s1. The van der Waals surface area contributed by atoms with Crippen molar-refractivity contribution in [1.82, 2.24) is 15.1 Å². The first-order valence-corrected chi connectivity index (χ1v) is 9.58. The normalized spacial score (nSPS) is 17.2. The van der Waals surface area contributed by atoms with E-state index in [-0.39, 0.29) is 5.91 Å².